The number of aromatic nitrogens is 3. The first-order valence-electron chi connectivity index (χ1n) is 6.83. The molecule has 108 valence electrons. The molecule has 1 aromatic carbocycles. The van der Waals surface area contributed by atoms with Crippen LogP contribution in [0.2, 0.25) is 0 Å². The van der Waals surface area contributed by atoms with Crippen LogP contribution in [-0.4, -0.2) is 20.7 Å². The Bertz CT molecular complexity index is 666. The van der Waals surface area contributed by atoms with Crippen molar-refractivity contribution in [1.82, 2.24) is 14.8 Å². The molecule has 0 saturated carbocycles. The smallest absolute Gasteiger partial charge is 0.224 e. The molecule has 6 heteroatoms. The van der Waals surface area contributed by atoms with Gasteiger partial charge in [-0.3, -0.25) is 4.79 Å². The van der Waals surface area contributed by atoms with E-state index in [1.165, 1.54) is 23.4 Å². The van der Waals surface area contributed by atoms with Gasteiger partial charge < -0.3 is 5.32 Å². The van der Waals surface area contributed by atoms with Gasteiger partial charge in [-0.15, -0.1) is 0 Å². The molecule has 1 aromatic heterocycles. The number of halogens is 1. The molecule has 1 aliphatic carbocycles. The Balaban J connectivity index is 1.67. The molecule has 0 fully saturated rings. The van der Waals surface area contributed by atoms with Crippen LogP contribution in [0.4, 0.5) is 10.1 Å². The highest BCUT2D eigenvalue weighted by molar-refractivity contribution is 5.91. The minimum Gasteiger partial charge on any atom is -0.326 e. The first-order chi connectivity index (χ1) is 10.2. The van der Waals surface area contributed by atoms with Gasteiger partial charge in [0.25, 0.3) is 0 Å². The summed E-state index contributed by atoms with van der Waals surface area (Å²) in [5.41, 5.74) is 0.743. The van der Waals surface area contributed by atoms with E-state index in [1.54, 1.807) is 12.1 Å². The van der Waals surface area contributed by atoms with Gasteiger partial charge in [0, 0.05) is 12.1 Å². The van der Waals surface area contributed by atoms with Crippen LogP contribution in [0.5, 0.6) is 0 Å². The number of allylic oxidation sites excluding steroid dienone is 2. The lowest BCUT2D eigenvalue weighted by Crippen LogP contribution is -2.15. The number of hydrogen-bond acceptors (Lipinski definition) is 3. The molecular weight excluding hydrogens is 271 g/mol. The van der Waals surface area contributed by atoms with Crippen molar-refractivity contribution in [3.8, 4) is 5.69 Å². The van der Waals surface area contributed by atoms with E-state index in [4.69, 9.17) is 0 Å². The van der Waals surface area contributed by atoms with Gasteiger partial charge in [0.1, 0.15) is 18.3 Å². The second-order valence-electron chi connectivity index (χ2n) is 5.02. The summed E-state index contributed by atoms with van der Waals surface area (Å²) < 4.78 is 15.4. The molecule has 21 heavy (non-hydrogen) atoms. The number of anilines is 1. The van der Waals surface area contributed by atoms with Crippen molar-refractivity contribution in [2.24, 2.45) is 5.92 Å². The number of rotatable bonds is 4. The molecule has 0 unspecified atom stereocenters. The van der Waals surface area contributed by atoms with E-state index in [0.717, 1.165) is 12.8 Å². The van der Waals surface area contributed by atoms with Crippen molar-refractivity contribution in [2.75, 3.05) is 5.32 Å². The van der Waals surface area contributed by atoms with Gasteiger partial charge in [0.15, 0.2) is 5.82 Å². The third kappa shape index (κ3) is 3.16. The second kappa shape index (κ2) is 5.87. The lowest BCUT2D eigenvalue weighted by Gasteiger charge is -2.10. The molecule has 0 spiro atoms. The van der Waals surface area contributed by atoms with Gasteiger partial charge in [0.05, 0.1) is 0 Å². The molecule has 1 heterocycles. The van der Waals surface area contributed by atoms with Crippen molar-refractivity contribution in [3.63, 3.8) is 0 Å². The average Bonchev–Trinajstić information content (AvgIpc) is 3.11. The lowest BCUT2D eigenvalue weighted by molar-refractivity contribution is -0.116. The third-order valence-corrected chi connectivity index (χ3v) is 3.46. The van der Waals surface area contributed by atoms with E-state index in [0.29, 0.717) is 23.7 Å². The van der Waals surface area contributed by atoms with E-state index in [-0.39, 0.29) is 5.91 Å². The summed E-state index contributed by atoms with van der Waals surface area (Å²) in [7, 11) is 0. The van der Waals surface area contributed by atoms with Crippen LogP contribution < -0.4 is 5.32 Å². The summed E-state index contributed by atoms with van der Waals surface area (Å²) in [4.78, 5) is 15.7. The van der Waals surface area contributed by atoms with Gasteiger partial charge in [-0.05, 0) is 37.0 Å². The highest BCUT2D eigenvalue weighted by Gasteiger charge is 2.14. The van der Waals surface area contributed by atoms with Gasteiger partial charge in [-0.25, -0.2) is 14.1 Å². The van der Waals surface area contributed by atoms with Crippen LogP contribution in [0.3, 0.4) is 0 Å². The quantitative estimate of drug-likeness (QED) is 0.879. The maximum absolute atomic E-state index is 14.0. The largest absolute Gasteiger partial charge is 0.326 e. The monoisotopic (exact) mass is 286 g/mol. The third-order valence-electron chi connectivity index (χ3n) is 3.46. The second-order valence-corrected chi connectivity index (χ2v) is 5.02. The van der Waals surface area contributed by atoms with Crippen LogP contribution in [0.25, 0.3) is 5.69 Å². The SMILES string of the molecule is O=C(C[C@@H]1C=CCC1)Nc1ccc(-n2cncn2)c(F)c1. The first kappa shape index (κ1) is 13.5. The van der Waals surface area contributed by atoms with Gasteiger partial charge in [0.2, 0.25) is 5.91 Å². The average molecular weight is 286 g/mol. The summed E-state index contributed by atoms with van der Waals surface area (Å²) >= 11 is 0. The Morgan fingerprint density at radius 1 is 1.48 bits per heavy atom. The predicted octanol–water partition coefficient (Wildman–Crippen LogP) is 2.70. The Kier molecular flexibility index (Phi) is 3.77. The summed E-state index contributed by atoms with van der Waals surface area (Å²) in [6, 6.07) is 4.51. The molecule has 1 atom stereocenters. The Morgan fingerprint density at radius 2 is 2.38 bits per heavy atom. The molecule has 2 aromatic rings. The molecule has 3 rings (SSSR count). The molecule has 1 N–H and O–H groups in total. The number of nitrogens with zero attached hydrogens (tertiary/aromatic N) is 3. The number of amides is 1. The number of carbonyl (C=O) groups is 1. The molecule has 5 nitrogen and oxygen atoms in total. The van der Waals surface area contributed by atoms with Crippen LogP contribution in [-0.2, 0) is 4.79 Å². The minimum absolute atomic E-state index is 0.0977. The fraction of sp³-hybridized carbons (Fsp3) is 0.267. The summed E-state index contributed by atoms with van der Waals surface area (Å²) in [5.74, 6) is -0.261. The maximum Gasteiger partial charge on any atom is 0.224 e. The Morgan fingerprint density at radius 3 is 3.05 bits per heavy atom. The Labute approximate surface area is 121 Å². The normalized spacial score (nSPS) is 17.1. The predicted molar refractivity (Wildman–Crippen MR) is 76.4 cm³/mol. The van der Waals surface area contributed by atoms with E-state index < -0.39 is 5.82 Å². The highest BCUT2D eigenvalue weighted by Crippen LogP contribution is 2.22. The number of nitrogens with one attached hydrogen (secondary N) is 1. The molecule has 0 aliphatic heterocycles. The lowest BCUT2D eigenvalue weighted by atomic mass is 10.1. The van der Waals surface area contributed by atoms with Crippen molar-refractivity contribution < 1.29 is 9.18 Å². The Hall–Kier alpha value is -2.50. The molecule has 0 saturated heterocycles. The number of benzene rings is 1. The molecular formula is C15H15FN4O. The standard InChI is InChI=1S/C15H15FN4O/c16-13-8-12(5-6-14(13)20-10-17-9-18-20)19-15(21)7-11-3-1-2-4-11/h1,3,5-6,8-11H,2,4,7H2,(H,19,21)/t11-/m1/s1. The van der Waals surface area contributed by atoms with E-state index in [1.807, 2.05) is 0 Å². The van der Waals surface area contributed by atoms with Crippen LogP contribution in [0.1, 0.15) is 19.3 Å². The zero-order valence-corrected chi connectivity index (χ0v) is 11.4. The van der Waals surface area contributed by atoms with Crippen LogP contribution >= 0.6 is 0 Å². The minimum atomic E-state index is -0.459. The summed E-state index contributed by atoms with van der Waals surface area (Å²) in [6.45, 7) is 0. The first-order valence-corrected chi connectivity index (χ1v) is 6.83. The van der Waals surface area contributed by atoms with Crippen LogP contribution in [0.15, 0.2) is 43.0 Å². The van der Waals surface area contributed by atoms with E-state index in [9.17, 15) is 9.18 Å². The summed E-state index contributed by atoms with van der Waals surface area (Å²) in [5, 5.41) is 6.60. The number of hydrogen-bond donors (Lipinski definition) is 1. The molecule has 0 bridgehead atoms. The van der Waals surface area contributed by atoms with Gasteiger partial charge in [-0.2, -0.15) is 5.10 Å². The maximum atomic E-state index is 14.0. The number of carbonyl (C=O) groups excluding carboxylic acids is 1. The van der Waals surface area contributed by atoms with E-state index in [2.05, 4.69) is 27.6 Å². The molecule has 1 aliphatic rings. The summed E-state index contributed by atoms with van der Waals surface area (Å²) in [6.07, 6.45) is 9.38. The highest BCUT2D eigenvalue weighted by atomic mass is 19.1. The van der Waals surface area contributed by atoms with Crippen molar-refractivity contribution in [3.05, 3.63) is 48.8 Å². The van der Waals surface area contributed by atoms with Crippen molar-refractivity contribution in [1.29, 1.82) is 0 Å². The van der Waals surface area contributed by atoms with Crippen molar-refractivity contribution >= 4 is 11.6 Å². The van der Waals surface area contributed by atoms with Gasteiger partial charge in [-0.1, -0.05) is 12.2 Å². The zero-order valence-electron chi connectivity index (χ0n) is 11.4. The van der Waals surface area contributed by atoms with Crippen molar-refractivity contribution in [2.45, 2.75) is 19.3 Å². The molecule has 1 amide bonds. The zero-order chi connectivity index (χ0) is 14.7. The van der Waals surface area contributed by atoms with Crippen LogP contribution in [0, 0.1) is 11.7 Å². The topological polar surface area (TPSA) is 59.8 Å². The van der Waals surface area contributed by atoms with Gasteiger partial charge >= 0.3 is 0 Å². The fourth-order valence-corrected chi connectivity index (χ4v) is 2.42. The fourth-order valence-electron chi connectivity index (χ4n) is 2.42. The van der Waals surface area contributed by atoms with E-state index >= 15 is 0 Å². The molecule has 0 radical (unpaired) electrons.